The average Bonchev–Trinajstić information content (AvgIpc) is 2.65. The molecule has 1 aromatic heterocycles. The van der Waals surface area contributed by atoms with E-state index in [1.54, 1.807) is 0 Å². The molecule has 4 rings (SSSR count). The van der Waals surface area contributed by atoms with Crippen molar-refractivity contribution >= 4 is 28.8 Å². The molecule has 1 aliphatic rings. The van der Waals surface area contributed by atoms with E-state index in [1.165, 1.54) is 11.3 Å². The van der Waals surface area contributed by atoms with Crippen molar-refractivity contribution in [2.75, 3.05) is 31.1 Å². The summed E-state index contributed by atoms with van der Waals surface area (Å²) >= 11 is 5.60. The SMILES string of the molecule is Cc1cccc(N2CCN(Cn3nnc4ccccc4c3=S)CC2)c1. The maximum atomic E-state index is 5.60. The smallest absolute Gasteiger partial charge is 0.135 e. The molecule has 6 heteroatoms. The van der Waals surface area contributed by atoms with E-state index in [9.17, 15) is 0 Å². The lowest BCUT2D eigenvalue weighted by Gasteiger charge is -2.36. The number of aryl methyl sites for hydroxylation is 1. The van der Waals surface area contributed by atoms with Crippen LogP contribution in [-0.2, 0) is 6.67 Å². The number of benzene rings is 2. The molecule has 1 saturated heterocycles. The van der Waals surface area contributed by atoms with Crippen molar-refractivity contribution in [3.63, 3.8) is 0 Å². The van der Waals surface area contributed by atoms with Gasteiger partial charge in [0.05, 0.1) is 12.2 Å². The van der Waals surface area contributed by atoms with E-state index >= 15 is 0 Å². The van der Waals surface area contributed by atoms with Crippen LogP contribution in [0.3, 0.4) is 0 Å². The van der Waals surface area contributed by atoms with Crippen molar-refractivity contribution in [1.29, 1.82) is 0 Å². The predicted octanol–water partition coefficient (Wildman–Crippen LogP) is 3.25. The first-order valence-electron chi connectivity index (χ1n) is 8.57. The Balaban J connectivity index is 1.45. The van der Waals surface area contributed by atoms with Gasteiger partial charge in [0.1, 0.15) is 4.64 Å². The van der Waals surface area contributed by atoms with Crippen LogP contribution in [0.4, 0.5) is 5.69 Å². The zero-order valence-electron chi connectivity index (χ0n) is 14.3. The third-order valence-electron chi connectivity index (χ3n) is 4.70. The molecule has 2 heterocycles. The fraction of sp³-hybridized carbons (Fsp3) is 0.316. The molecule has 0 atom stereocenters. The zero-order valence-corrected chi connectivity index (χ0v) is 15.1. The summed E-state index contributed by atoms with van der Waals surface area (Å²) in [4.78, 5) is 4.82. The van der Waals surface area contributed by atoms with Crippen LogP contribution in [0.1, 0.15) is 5.56 Å². The van der Waals surface area contributed by atoms with Gasteiger partial charge in [0.15, 0.2) is 0 Å². The summed E-state index contributed by atoms with van der Waals surface area (Å²) in [6.45, 7) is 6.84. The van der Waals surface area contributed by atoms with Crippen LogP contribution < -0.4 is 4.90 Å². The fourth-order valence-electron chi connectivity index (χ4n) is 3.28. The van der Waals surface area contributed by atoms with Crippen LogP contribution in [-0.4, -0.2) is 46.1 Å². The molecular weight excluding hydrogens is 330 g/mol. The van der Waals surface area contributed by atoms with E-state index in [0.717, 1.165) is 41.7 Å². The van der Waals surface area contributed by atoms with E-state index in [4.69, 9.17) is 12.2 Å². The quantitative estimate of drug-likeness (QED) is 0.677. The normalized spacial score (nSPS) is 15.6. The monoisotopic (exact) mass is 351 g/mol. The first-order valence-corrected chi connectivity index (χ1v) is 8.98. The second-order valence-electron chi connectivity index (χ2n) is 6.50. The summed E-state index contributed by atoms with van der Waals surface area (Å²) in [7, 11) is 0. The molecule has 2 aromatic carbocycles. The Morgan fingerprint density at radius 3 is 2.60 bits per heavy atom. The van der Waals surface area contributed by atoms with Crippen molar-refractivity contribution < 1.29 is 0 Å². The van der Waals surface area contributed by atoms with Crippen molar-refractivity contribution in [2.24, 2.45) is 0 Å². The number of hydrogen-bond acceptors (Lipinski definition) is 5. The van der Waals surface area contributed by atoms with Gasteiger partial charge < -0.3 is 4.90 Å². The Labute approximate surface area is 152 Å². The molecule has 1 aliphatic heterocycles. The molecule has 0 spiro atoms. The topological polar surface area (TPSA) is 37.2 Å². The minimum atomic E-state index is 0.693. The summed E-state index contributed by atoms with van der Waals surface area (Å²) in [5.41, 5.74) is 3.47. The number of aromatic nitrogens is 3. The van der Waals surface area contributed by atoms with Gasteiger partial charge in [-0.15, -0.1) is 5.10 Å². The van der Waals surface area contributed by atoms with E-state index in [-0.39, 0.29) is 0 Å². The number of anilines is 1. The molecule has 0 radical (unpaired) electrons. The maximum absolute atomic E-state index is 5.60. The van der Waals surface area contributed by atoms with Crippen LogP contribution in [0.2, 0.25) is 0 Å². The highest BCUT2D eigenvalue weighted by atomic mass is 32.1. The molecule has 0 unspecified atom stereocenters. The maximum Gasteiger partial charge on any atom is 0.135 e. The van der Waals surface area contributed by atoms with Gasteiger partial charge >= 0.3 is 0 Å². The molecule has 3 aromatic rings. The number of nitrogens with zero attached hydrogens (tertiary/aromatic N) is 5. The average molecular weight is 351 g/mol. The van der Waals surface area contributed by atoms with Crippen LogP contribution in [0, 0.1) is 11.6 Å². The van der Waals surface area contributed by atoms with Gasteiger partial charge in [0, 0.05) is 37.3 Å². The van der Waals surface area contributed by atoms with E-state index in [0.29, 0.717) is 6.67 Å². The first-order chi connectivity index (χ1) is 12.2. The molecule has 0 aliphatic carbocycles. The van der Waals surface area contributed by atoms with Gasteiger partial charge in [0.2, 0.25) is 0 Å². The summed E-state index contributed by atoms with van der Waals surface area (Å²) in [5, 5.41) is 9.58. The number of piperazine rings is 1. The van der Waals surface area contributed by atoms with Crippen molar-refractivity contribution in [1.82, 2.24) is 19.9 Å². The largest absolute Gasteiger partial charge is 0.369 e. The number of fused-ring (bicyclic) bond motifs is 1. The predicted molar refractivity (Wildman–Crippen MR) is 103 cm³/mol. The van der Waals surface area contributed by atoms with Crippen LogP contribution in [0.5, 0.6) is 0 Å². The molecule has 0 bridgehead atoms. The van der Waals surface area contributed by atoms with Crippen LogP contribution in [0.25, 0.3) is 10.9 Å². The Morgan fingerprint density at radius 2 is 1.80 bits per heavy atom. The second-order valence-corrected chi connectivity index (χ2v) is 6.88. The molecule has 0 saturated carbocycles. The molecule has 128 valence electrons. The van der Waals surface area contributed by atoms with Crippen molar-refractivity contribution in [2.45, 2.75) is 13.6 Å². The number of hydrogen-bond donors (Lipinski definition) is 0. The Kier molecular flexibility index (Phi) is 4.46. The second kappa shape index (κ2) is 6.90. The van der Waals surface area contributed by atoms with Gasteiger partial charge in [-0.1, -0.05) is 41.7 Å². The molecule has 25 heavy (non-hydrogen) atoms. The molecule has 0 amide bonds. The van der Waals surface area contributed by atoms with Crippen LogP contribution >= 0.6 is 12.2 Å². The lowest BCUT2D eigenvalue weighted by Crippen LogP contribution is -2.47. The highest BCUT2D eigenvalue weighted by Crippen LogP contribution is 2.18. The van der Waals surface area contributed by atoms with E-state index in [1.807, 2.05) is 28.9 Å². The Bertz CT molecular complexity index is 944. The summed E-state index contributed by atoms with van der Waals surface area (Å²) in [6.07, 6.45) is 0. The molecule has 5 nitrogen and oxygen atoms in total. The molecule has 0 N–H and O–H groups in total. The molecule has 1 fully saturated rings. The zero-order chi connectivity index (χ0) is 17.2. The number of rotatable bonds is 3. The summed E-state index contributed by atoms with van der Waals surface area (Å²) in [6, 6.07) is 16.6. The fourth-order valence-corrected chi connectivity index (χ4v) is 3.54. The summed E-state index contributed by atoms with van der Waals surface area (Å²) in [5.74, 6) is 0. The third kappa shape index (κ3) is 3.41. The lowest BCUT2D eigenvalue weighted by molar-refractivity contribution is 0.191. The van der Waals surface area contributed by atoms with Gasteiger partial charge in [0.25, 0.3) is 0 Å². The first kappa shape index (κ1) is 16.2. The highest BCUT2D eigenvalue weighted by molar-refractivity contribution is 7.71. The van der Waals surface area contributed by atoms with Gasteiger partial charge in [-0.2, -0.15) is 0 Å². The van der Waals surface area contributed by atoms with Gasteiger partial charge in [-0.25, -0.2) is 4.68 Å². The third-order valence-corrected chi connectivity index (χ3v) is 5.13. The minimum absolute atomic E-state index is 0.693. The van der Waals surface area contributed by atoms with E-state index < -0.39 is 0 Å². The van der Waals surface area contributed by atoms with Crippen molar-refractivity contribution in [3.05, 3.63) is 58.7 Å². The highest BCUT2D eigenvalue weighted by Gasteiger charge is 2.18. The Hall–Kier alpha value is -2.31. The van der Waals surface area contributed by atoms with E-state index in [2.05, 4.69) is 51.3 Å². The molecular formula is C19H21N5S. The lowest BCUT2D eigenvalue weighted by atomic mass is 10.2. The van der Waals surface area contributed by atoms with Gasteiger partial charge in [-0.05, 0) is 36.8 Å². The minimum Gasteiger partial charge on any atom is -0.369 e. The van der Waals surface area contributed by atoms with Crippen molar-refractivity contribution in [3.8, 4) is 0 Å². The van der Waals surface area contributed by atoms with Gasteiger partial charge in [-0.3, -0.25) is 4.90 Å². The van der Waals surface area contributed by atoms with Crippen LogP contribution in [0.15, 0.2) is 48.5 Å². The Morgan fingerprint density at radius 1 is 1.00 bits per heavy atom. The summed E-state index contributed by atoms with van der Waals surface area (Å²) < 4.78 is 2.59. The standard InChI is InChI=1S/C19H21N5S/c1-15-5-4-6-16(13-15)23-11-9-22(10-12-23)14-24-19(25)17-7-2-3-8-18(17)20-21-24/h2-8,13H,9-12,14H2,1H3.